The molecule has 0 saturated heterocycles. The molecule has 7 heteroatoms. The molecule has 0 amide bonds. The fraction of sp³-hybridized carbons (Fsp3) is 0.250. The van der Waals surface area contributed by atoms with Crippen LogP contribution in [0.1, 0.15) is 5.56 Å². The zero-order chi connectivity index (χ0) is 13.7. The lowest BCUT2D eigenvalue weighted by atomic mass is 10.2. The summed E-state index contributed by atoms with van der Waals surface area (Å²) in [6, 6.07) is 7.95. The van der Waals surface area contributed by atoms with E-state index < -0.39 is 0 Å². The van der Waals surface area contributed by atoms with Crippen molar-refractivity contribution in [3.8, 4) is 12.0 Å². The molecule has 0 bridgehead atoms. The summed E-state index contributed by atoms with van der Waals surface area (Å²) >= 11 is 0. The van der Waals surface area contributed by atoms with Gasteiger partial charge < -0.3 is 20.5 Å². The fourth-order valence-corrected chi connectivity index (χ4v) is 1.48. The number of nitrogens with zero attached hydrogens (tertiary/aromatic N) is 3. The lowest BCUT2D eigenvalue weighted by molar-refractivity contribution is 0.341. The summed E-state index contributed by atoms with van der Waals surface area (Å²) in [6.45, 7) is 0.543. The lowest BCUT2D eigenvalue weighted by Gasteiger charge is -2.07. The van der Waals surface area contributed by atoms with E-state index in [0.29, 0.717) is 18.2 Å². The Balaban J connectivity index is 2.10. The molecule has 2 rings (SSSR count). The maximum absolute atomic E-state index is 5.71. The van der Waals surface area contributed by atoms with Crippen LogP contribution in [-0.4, -0.2) is 29.2 Å². The third-order valence-electron chi connectivity index (χ3n) is 2.36. The Labute approximate surface area is 110 Å². The maximum Gasteiger partial charge on any atom is 0.324 e. The number of methoxy groups -OCH3 is 2. The quantitative estimate of drug-likeness (QED) is 0.777. The van der Waals surface area contributed by atoms with Crippen molar-refractivity contribution >= 4 is 11.6 Å². The molecule has 0 saturated carbocycles. The second-order valence-corrected chi connectivity index (χ2v) is 3.73. The Kier molecular flexibility index (Phi) is 3.97. The molecule has 0 atom stereocenters. The second kappa shape index (κ2) is 5.85. The highest BCUT2D eigenvalue weighted by Crippen LogP contribution is 2.13. The number of hydrogen-bond acceptors (Lipinski definition) is 7. The summed E-state index contributed by atoms with van der Waals surface area (Å²) in [7, 11) is 2.97. The number of hydrogen-bond donors (Lipinski definition) is 2. The summed E-state index contributed by atoms with van der Waals surface area (Å²) < 4.78 is 9.93. The molecule has 0 aliphatic rings. The van der Waals surface area contributed by atoms with Gasteiger partial charge in [-0.3, -0.25) is 0 Å². The van der Waals surface area contributed by atoms with E-state index in [1.807, 2.05) is 24.3 Å². The Morgan fingerprint density at radius 2 is 1.79 bits per heavy atom. The van der Waals surface area contributed by atoms with E-state index in [9.17, 15) is 0 Å². The molecule has 100 valence electrons. The van der Waals surface area contributed by atoms with Gasteiger partial charge in [0.2, 0.25) is 5.95 Å². The minimum absolute atomic E-state index is 0.196. The summed E-state index contributed by atoms with van der Waals surface area (Å²) in [6.07, 6.45) is 0. The van der Waals surface area contributed by atoms with Crippen molar-refractivity contribution in [3.63, 3.8) is 0 Å². The minimum Gasteiger partial charge on any atom is -0.467 e. The van der Waals surface area contributed by atoms with Crippen molar-refractivity contribution in [1.29, 1.82) is 0 Å². The van der Waals surface area contributed by atoms with E-state index in [-0.39, 0.29) is 12.0 Å². The first-order chi connectivity index (χ1) is 9.21. The van der Waals surface area contributed by atoms with Crippen molar-refractivity contribution in [2.45, 2.75) is 6.54 Å². The van der Waals surface area contributed by atoms with Crippen molar-refractivity contribution in [2.24, 2.45) is 0 Å². The van der Waals surface area contributed by atoms with Gasteiger partial charge in [0.15, 0.2) is 0 Å². The van der Waals surface area contributed by atoms with Gasteiger partial charge in [-0.1, -0.05) is 12.1 Å². The first-order valence-corrected chi connectivity index (χ1v) is 5.63. The molecular formula is C12H15N5O2. The average Bonchev–Trinajstić information content (AvgIpc) is 2.44. The molecule has 19 heavy (non-hydrogen) atoms. The highest BCUT2D eigenvalue weighted by molar-refractivity contribution is 5.41. The second-order valence-electron chi connectivity index (χ2n) is 3.73. The number of benzene rings is 1. The molecule has 0 aliphatic heterocycles. The van der Waals surface area contributed by atoms with E-state index in [0.717, 1.165) is 5.56 Å². The van der Waals surface area contributed by atoms with E-state index in [4.69, 9.17) is 15.2 Å². The van der Waals surface area contributed by atoms with Gasteiger partial charge in [0.25, 0.3) is 0 Å². The SMILES string of the molecule is COc1nc(NCc2cccc(N)c2)nc(OC)n1. The Bertz CT molecular complexity index is 539. The van der Waals surface area contributed by atoms with Crippen LogP contribution >= 0.6 is 0 Å². The van der Waals surface area contributed by atoms with Gasteiger partial charge >= 0.3 is 12.0 Å². The summed E-state index contributed by atoms with van der Waals surface area (Å²) in [4.78, 5) is 12.1. The van der Waals surface area contributed by atoms with Crippen LogP contribution in [0.3, 0.4) is 0 Å². The Morgan fingerprint density at radius 1 is 1.11 bits per heavy atom. The van der Waals surface area contributed by atoms with E-state index in [1.54, 1.807) is 0 Å². The molecular weight excluding hydrogens is 246 g/mol. The van der Waals surface area contributed by atoms with Crippen LogP contribution in [0.2, 0.25) is 0 Å². The molecule has 0 spiro atoms. The zero-order valence-corrected chi connectivity index (χ0v) is 10.8. The third-order valence-corrected chi connectivity index (χ3v) is 2.36. The molecule has 1 aromatic heterocycles. The van der Waals surface area contributed by atoms with Crippen molar-refractivity contribution in [3.05, 3.63) is 29.8 Å². The lowest BCUT2D eigenvalue weighted by Crippen LogP contribution is -2.07. The van der Waals surface area contributed by atoms with Gasteiger partial charge in [0, 0.05) is 12.2 Å². The Hall–Kier alpha value is -2.57. The van der Waals surface area contributed by atoms with Crippen molar-refractivity contribution < 1.29 is 9.47 Å². The number of anilines is 2. The molecule has 0 aliphatic carbocycles. The molecule has 0 radical (unpaired) electrons. The van der Waals surface area contributed by atoms with Crippen LogP contribution in [0.25, 0.3) is 0 Å². The van der Waals surface area contributed by atoms with Crippen molar-refractivity contribution in [1.82, 2.24) is 15.0 Å². The first-order valence-electron chi connectivity index (χ1n) is 5.63. The number of ether oxygens (including phenoxy) is 2. The molecule has 7 nitrogen and oxygen atoms in total. The number of nitrogens with two attached hydrogens (primary N) is 1. The fourth-order valence-electron chi connectivity index (χ4n) is 1.48. The highest BCUT2D eigenvalue weighted by atomic mass is 16.5. The van der Waals surface area contributed by atoms with E-state index in [1.165, 1.54) is 14.2 Å². The van der Waals surface area contributed by atoms with Crippen LogP contribution in [0.4, 0.5) is 11.6 Å². The van der Waals surface area contributed by atoms with Crippen LogP contribution in [0.5, 0.6) is 12.0 Å². The minimum atomic E-state index is 0.196. The molecule has 1 aromatic carbocycles. The number of aromatic nitrogens is 3. The Morgan fingerprint density at radius 3 is 2.37 bits per heavy atom. The van der Waals surface area contributed by atoms with Crippen molar-refractivity contribution in [2.75, 3.05) is 25.3 Å². The normalized spacial score (nSPS) is 10.0. The van der Waals surface area contributed by atoms with Gasteiger partial charge in [0.05, 0.1) is 14.2 Å². The zero-order valence-electron chi connectivity index (χ0n) is 10.8. The number of nitrogens with one attached hydrogen (secondary N) is 1. The van der Waals surface area contributed by atoms with E-state index >= 15 is 0 Å². The summed E-state index contributed by atoms with van der Waals surface area (Å²) in [5, 5.41) is 3.06. The van der Waals surface area contributed by atoms with Crippen LogP contribution in [0.15, 0.2) is 24.3 Å². The molecule has 0 fully saturated rings. The molecule has 2 aromatic rings. The molecule has 3 N–H and O–H groups in total. The van der Waals surface area contributed by atoms with Gasteiger partial charge in [-0.05, 0) is 17.7 Å². The van der Waals surface area contributed by atoms with Crippen LogP contribution < -0.4 is 20.5 Å². The van der Waals surface area contributed by atoms with Gasteiger partial charge in [-0.15, -0.1) is 4.98 Å². The summed E-state index contributed by atoms with van der Waals surface area (Å²) in [5.41, 5.74) is 7.45. The predicted octanol–water partition coefficient (Wildman–Crippen LogP) is 1.08. The average molecular weight is 261 g/mol. The topological polar surface area (TPSA) is 95.2 Å². The highest BCUT2D eigenvalue weighted by Gasteiger charge is 2.06. The number of rotatable bonds is 5. The maximum atomic E-state index is 5.71. The first kappa shape index (κ1) is 12.9. The number of nitrogen functional groups attached to an aromatic ring is 1. The van der Waals surface area contributed by atoms with Gasteiger partial charge in [0.1, 0.15) is 0 Å². The molecule has 1 heterocycles. The van der Waals surface area contributed by atoms with Gasteiger partial charge in [-0.25, -0.2) is 0 Å². The van der Waals surface area contributed by atoms with Gasteiger partial charge in [-0.2, -0.15) is 9.97 Å². The monoisotopic (exact) mass is 261 g/mol. The summed E-state index contributed by atoms with van der Waals surface area (Å²) in [5.74, 6) is 0.381. The smallest absolute Gasteiger partial charge is 0.324 e. The third kappa shape index (κ3) is 3.44. The molecule has 0 unspecified atom stereocenters. The van der Waals surface area contributed by atoms with Crippen LogP contribution in [0, 0.1) is 0 Å². The van der Waals surface area contributed by atoms with Crippen LogP contribution in [-0.2, 0) is 6.54 Å². The standard InChI is InChI=1S/C12H15N5O2/c1-18-11-15-10(16-12(17-11)19-2)14-7-8-4-3-5-9(13)6-8/h3-6H,7,13H2,1-2H3,(H,14,15,16,17). The van der Waals surface area contributed by atoms with E-state index in [2.05, 4.69) is 20.3 Å². The predicted molar refractivity (Wildman–Crippen MR) is 71.1 cm³/mol. The largest absolute Gasteiger partial charge is 0.467 e.